The van der Waals surface area contributed by atoms with Crippen molar-refractivity contribution in [2.45, 2.75) is 51.0 Å². The number of aromatic nitrogens is 1. The quantitative estimate of drug-likeness (QED) is 0.875. The van der Waals surface area contributed by atoms with Gasteiger partial charge >= 0.3 is 0 Å². The highest BCUT2D eigenvalue weighted by atomic mass is 16.1. The van der Waals surface area contributed by atoms with Gasteiger partial charge in [-0.15, -0.1) is 0 Å². The first-order chi connectivity index (χ1) is 11.8. The lowest BCUT2D eigenvalue weighted by Crippen LogP contribution is -2.43. The molecule has 1 heterocycles. The standard InChI is InChI=1S/C21H26N2O/c24-21(14-13-19-11-6-7-15-22-19)23-20-12-5-4-10-18(20)16-17-8-2-1-3-9-17/h1-3,6-9,11,15,18,20H,4-5,10,12-14,16H2,(H,23,24). The zero-order valence-electron chi connectivity index (χ0n) is 14.2. The third-order valence-electron chi connectivity index (χ3n) is 4.93. The van der Waals surface area contributed by atoms with Gasteiger partial charge in [-0.2, -0.15) is 0 Å². The summed E-state index contributed by atoms with van der Waals surface area (Å²) in [6, 6.07) is 16.8. The molecule has 0 aliphatic heterocycles. The van der Waals surface area contributed by atoms with Crippen molar-refractivity contribution in [3.63, 3.8) is 0 Å². The number of carbonyl (C=O) groups is 1. The summed E-state index contributed by atoms with van der Waals surface area (Å²) >= 11 is 0. The van der Waals surface area contributed by atoms with Crippen LogP contribution in [0.2, 0.25) is 0 Å². The molecule has 24 heavy (non-hydrogen) atoms. The van der Waals surface area contributed by atoms with E-state index in [-0.39, 0.29) is 5.91 Å². The van der Waals surface area contributed by atoms with E-state index in [1.165, 1.54) is 24.8 Å². The highest BCUT2D eigenvalue weighted by Gasteiger charge is 2.26. The average Bonchev–Trinajstić information content (AvgIpc) is 2.63. The summed E-state index contributed by atoms with van der Waals surface area (Å²) in [7, 11) is 0. The molecule has 1 N–H and O–H groups in total. The van der Waals surface area contributed by atoms with Crippen molar-refractivity contribution in [3.05, 3.63) is 66.0 Å². The second-order valence-electron chi connectivity index (χ2n) is 6.73. The Morgan fingerprint density at radius 2 is 1.83 bits per heavy atom. The molecule has 1 saturated carbocycles. The zero-order chi connectivity index (χ0) is 16.6. The van der Waals surface area contributed by atoms with Crippen LogP contribution in [0.15, 0.2) is 54.7 Å². The van der Waals surface area contributed by atoms with E-state index in [9.17, 15) is 4.79 Å². The van der Waals surface area contributed by atoms with E-state index in [0.717, 1.165) is 18.5 Å². The van der Waals surface area contributed by atoms with Gasteiger partial charge in [0.15, 0.2) is 0 Å². The Bertz CT molecular complexity index is 627. The number of hydrogen-bond acceptors (Lipinski definition) is 2. The number of nitrogens with zero attached hydrogens (tertiary/aromatic N) is 1. The number of pyridine rings is 1. The fourth-order valence-electron chi connectivity index (χ4n) is 3.63. The van der Waals surface area contributed by atoms with E-state index in [2.05, 4.69) is 40.6 Å². The second-order valence-corrected chi connectivity index (χ2v) is 6.73. The predicted molar refractivity (Wildman–Crippen MR) is 96.6 cm³/mol. The maximum atomic E-state index is 12.3. The molecule has 1 aromatic carbocycles. The Hall–Kier alpha value is -2.16. The van der Waals surface area contributed by atoms with Crippen LogP contribution in [0.5, 0.6) is 0 Å². The summed E-state index contributed by atoms with van der Waals surface area (Å²) in [4.78, 5) is 16.6. The molecule has 0 spiro atoms. The van der Waals surface area contributed by atoms with E-state index >= 15 is 0 Å². The van der Waals surface area contributed by atoms with Crippen LogP contribution in [-0.4, -0.2) is 16.9 Å². The molecule has 0 saturated heterocycles. The minimum Gasteiger partial charge on any atom is -0.353 e. The van der Waals surface area contributed by atoms with Crippen LogP contribution < -0.4 is 5.32 Å². The van der Waals surface area contributed by atoms with Crippen LogP contribution >= 0.6 is 0 Å². The SMILES string of the molecule is O=C(CCc1ccccn1)NC1CCCCC1Cc1ccccc1. The summed E-state index contributed by atoms with van der Waals surface area (Å²) in [5.74, 6) is 0.713. The fourth-order valence-corrected chi connectivity index (χ4v) is 3.63. The highest BCUT2D eigenvalue weighted by molar-refractivity contribution is 5.76. The van der Waals surface area contributed by atoms with Gasteiger partial charge < -0.3 is 5.32 Å². The van der Waals surface area contributed by atoms with Gasteiger partial charge in [0.1, 0.15) is 0 Å². The van der Waals surface area contributed by atoms with Crippen molar-refractivity contribution in [2.24, 2.45) is 5.92 Å². The van der Waals surface area contributed by atoms with Gasteiger partial charge in [0.05, 0.1) is 0 Å². The van der Waals surface area contributed by atoms with Crippen LogP contribution in [-0.2, 0) is 17.6 Å². The van der Waals surface area contributed by atoms with E-state index in [0.29, 0.717) is 24.8 Å². The van der Waals surface area contributed by atoms with Crippen LogP contribution in [0.1, 0.15) is 43.4 Å². The highest BCUT2D eigenvalue weighted by Crippen LogP contribution is 2.27. The number of aryl methyl sites for hydroxylation is 1. The number of hydrogen-bond donors (Lipinski definition) is 1. The molecule has 1 amide bonds. The molecular weight excluding hydrogens is 296 g/mol. The summed E-state index contributed by atoms with van der Waals surface area (Å²) < 4.78 is 0. The fraction of sp³-hybridized carbons (Fsp3) is 0.429. The molecule has 0 radical (unpaired) electrons. The Morgan fingerprint density at radius 3 is 2.62 bits per heavy atom. The third kappa shape index (κ3) is 4.92. The number of carbonyl (C=O) groups excluding carboxylic acids is 1. The van der Waals surface area contributed by atoms with E-state index < -0.39 is 0 Å². The molecule has 2 unspecified atom stereocenters. The van der Waals surface area contributed by atoms with Gasteiger partial charge in [0, 0.05) is 24.4 Å². The first-order valence-corrected chi connectivity index (χ1v) is 9.04. The molecule has 1 aliphatic rings. The molecule has 0 bridgehead atoms. The lowest BCUT2D eigenvalue weighted by molar-refractivity contribution is -0.122. The predicted octanol–water partition coefficient (Wildman–Crippen LogP) is 3.93. The molecule has 3 heteroatoms. The maximum Gasteiger partial charge on any atom is 0.220 e. The van der Waals surface area contributed by atoms with Crippen molar-refractivity contribution < 1.29 is 4.79 Å². The lowest BCUT2D eigenvalue weighted by atomic mass is 9.80. The molecule has 1 fully saturated rings. The van der Waals surface area contributed by atoms with E-state index in [1.54, 1.807) is 6.20 Å². The summed E-state index contributed by atoms with van der Waals surface area (Å²) in [6.45, 7) is 0. The van der Waals surface area contributed by atoms with Gasteiger partial charge in [-0.25, -0.2) is 0 Å². The minimum atomic E-state index is 0.158. The average molecular weight is 322 g/mol. The normalized spacial score (nSPS) is 20.5. The van der Waals surface area contributed by atoms with Gasteiger partial charge in [0.2, 0.25) is 5.91 Å². The van der Waals surface area contributed by atoms with Crippen LogP contribution in [0.4, 0.5) is 0 Å². The maximum absolute atomic E-state index is 12.3. The Morgan fingerprint density at radius 1 is 1.04 bits per heavy atom. The Labute approximate surface area is 144 Å². The van der Waals surface area contributed by atoms with Crippen LogP contribution in [0, 0.1) is 5.92 Å². The van der Waals surface area contributed by atoms with Gasteiger partial charge in [-0.3, -0.25) is 9.78 Å². The van der Waals surface area contributed by atoms with Crippen molar-refractivity contribution in [1.29, 1.82) is 0 Å². The minimum absolute atomic E-state index is 0.158. The Kier molecular flexibility index (Phi) is 6.00. The molecule has 1 aromatic heterocycles. The molecule has 126 valence electrons. The van der Waals surface area contributed by atoms with Gasteiger partial charge in [-0.1, -0.05) is 49.2 Å². The van der Waals surface area contributed by atoms with Crippen molar-refractivity contribution in [1.82, 2.24) is 10.3 Å². The molecule has 3 nitrogen and oxygen atoms in total. The first-order valence-electron chi connectivity index (χ1n) is 9.04. The van der Waals surface area contributed by atoms with Crippen molar-refractivity contribution >= 4 is 5.91 Å². The topological polar surface area (TPSA) is 42.0 Å². The number of rotatable bonds is 6. The number of amides is 1. The van der Waals surface area contributed by atoms with E-state index in [1.807, 2.05) is 18.2 Å². The summed E-state index contributed by atoms with van der Waals surface area (Å²) in [5.41, 5.74) is 2.36. The molecule has 3 rings (SSSR count). The summed E-state index contributed by atoms with van der Waals surface area (Å²) in [5, 5.41) is 3.29. The first kappa shape index (κ1) is 16.7. The zero-order valence-corrected chi connectivity index (χ0v) is 14.2. The van der Waals surface area contributed by atoms with E-state index in [4.69, 9.17) is 0 Å². The number of benzene rings is 1. The second kappa shape index (κ2) is 8.62. The molecule has 2 aromatic rings. The van der Waals surface area contributed by atoms with Crippen molar-refractivity contribution in [2.75, 3.05) is 0 Å². The largest absolute Gasteiger partial charge is 0.353 e. The van der Waals surface area contributed by atoms with Gasteiger partial charge in [0.25, 0.3) is 0 Å². The number of nitrogens with one attached hydrogen (secondary N) is 1. The molecule has 2 atom stereocenters. The molecule has 1 aliphatic carbocycles. The summed E-state index contributed by atoms with van der Waals surface area (Å²) in [6.07, 6.45) is 8.88. The van der Waals surface area contributed by atoms with Gasteiger partial charge in [-0.05, 0) is 49.3 Å². The monoisotopic (exact) mass is 322 g/mol. The smallest absolute Gasteiger partial charge is 0.220 e. The lowest BCUT2D eigenvalue weighted by Gasteiger charge is -2.32. The van der Waals surface area contributed by atoms with Crippen LogP contribution in [0.25, 0.3) is 0 Å². The Balaban J connectivity index is 1.52. The third-order valence-corrected chi connectivity index (χ3v) is 4.93. The molecular formula is C21H26N2O. The van der Waals surface area contributed by atoms with Crippen LogP contribution in [0.3, 0.4) is 0 Å². The van der Waals surface area contributed by atoms with Crippen molar-refractivity contribution in [3.8, 4) is 0 Å².